The van der Waals surface area contributed by atoms with Crippen molar-refractivity contribution in [1.82, 2.24) is 20.6 Å². The fraction of sp³-hybridized carbons (Fsp3) is 0.227. The fourth-order valence-electron chi connectivity index (χ4n) is 2.89. The summed E-state index contributed by atoms with van der Waals surface area (Å²) in [5, 5.41) is 4.27. The highest BCUT2D eigenvalue weighted by Gasteiger charge is 2.23. The summed E-state index contributed by atoms with van der Waals surface area (Å²) in [5.74, 6) is -0.979. The number of amides is 2. The highest BCUT2D eigenvalue weighted by atomic mass is 35.5. The fourth-order valence-corrected chi connectivity index (χ4v) is 3.25. The van der Waals surface area contributed by atoms with Gasteiger partial charge < -0.3 is 4.74 Å². The van der Waals surface area contributed by atoms with Crippen LogP contribution in [0.25, 0.3) is 5.69 Å². The van der Waals surface area contributed by atoms with Crippen LogP contribution in [-0.4, -0.2) is 27.7 Å². The highest BCUT2D eigenvalue weighted by Crippen LogP contribution is 2.24. The molecular weight excluding hydrogens is 423 g/mol. The molecular formula is C22H22ClFN4O3. The monoisotopic (exact) mass is 444 g/mol. The van der Waals surface area contributed by atoms with Gasteiger partial charge in [0.25, 0.3) is 11.8 Å². The molecule has 7 nitrogen and oxygen atoms in total. The van der Waals surface area contributed by atoms with E-state index in [1.54, 1.807) is 19.9 Å². The lowest BCUT2D eigenvalue weighted by Gasteiger charge is -2.17. The van der Waals surface area contributed by atoms with Crippen molar-refractivity contribution in [3.05, 3.63) is 75.8 Å². The standard InChI is InChI=1S/C22H22ClFN4O3/c1-12-6-5-7-18(13(12)2)31-15(4)21(29)25-26-22(30)19-14(3)27-28(20(19)23)17-10-8-16(24)9-11-17/h5-11,15H,1-4H3,(H,25,29)(H,26,30). The largest absolute Gasteiger partial charge is 0.481 e. The van der Waals surface area contributed by atoms with Gasteiger partial charge in [0.15, 0.2) is 6.10 Å². The summed E-state index contributed by atoms with van der Waals surface area (Å²) < 4.78 is 20.2. The first kappa shape index (κ1) is 22.3. The van der Waals surface area contributed by atoms with Gasteiger partial charge in [-0.05, 0) is 69.2 Å². The summed E-state index contributed by atoms with van der Waals surface area (Å²) in [7, 11) is 0. The van der Waals surface area contributed by atoms with E-state index >= 15 is 0 Å². The van der Waals surface area contributed by atoms with E-state index in [1.807, 2.05) is 26.0 Å². The summed E-state index contributed by atoms with van der Waals surface area (Å²) in [6.07, 6.45) is -0.848. The minimum absolute atomic E-state index is 0.0375. The number of halogens is 2. The molecule has 9 heteroatoms. The zero-order valence-corrected chi connectivity index (χ0v) is 18.2. The Kier molecular flexibility index (Phi) is 6.60. The Hall–Kier alpha value is -3.39. The first-order valence-corrected chi connectivity index (χ1v) is 9.91. The van der Waals surface area contributed by atoms with Crippen molar-refractivity contribution in [3.63, 3.8) is 0 Å². The third-order valence-corrected chi connectivity index (χ3v) is 5.18. The number of benzene rings is 2. The van der Waals surface area contributed by atoms with Crippen LogP contribution >= 0.6 is 11.6 Å². The van der Waals surface area contributed by atoms with E-state index in [0.717, 1.165) is 11.1 Å². The summed E-state index contributed by atoms with van der Waals surface area (Å²) in [6, 6.07) is 11.1. The first-order chi connectivity index (χ1) is 14.7. The Balaban J connectivity index is 1.67. The van der Waals surface area contributed by atoms with Crippen molar-refractivity contribution in [1.29, 1.82) is 0 Å². The topological polar surface area (TPSA) is 85.2 Å². The summed E-state index contributed by atoms with van der Waals surface area (Å²) in [5.41, 5.74) is 7.58. The summed E-state index contributed by atoms with van der Waals surface area (Å²) in [6.45, 7) is 7.04. The maximum atomic E-state index is 13.2. The van der Waals surface area contributed by atoms with E-state index < -0.39 is 23.7 Å². The molecule has 0 fully saturated rings. The molecule has 2 amide bonds. The van der Waals surface area contributed by atoms with Crippen LogP contribution in [0.5, 0.6) is 5.75 Å². The third-order valence-electron chi connectivity index (χ3n) is 4.83. The van der Waals surface area contributed by atoms with Crippen molar-refractivity contribution < 1.29 is 18.7 Å². The summed E-state index contributed by atoms with van der Waals surface area (Å²) in [4.78, 5) is 25.0. The Morgan fingerprint density at radius 3 is 2.45 bits per heavy atom. The van der Waals surface area contributed by atoms with Crippen LogP contribution in [0.15, 0.2) is 42.5 Å². The number of nitrogens with one attached hydrogen (secondary N) is 2. The van der Waals surface area contributed by atoms with Gasteiger partial charge in [0.1, 0.15) is 22.3 Å². The van der Waals surface area contributed by atoms with Gasteiger partial charge in [-0.15, -0.1) is 0 Å². The lowest BCUT2D eigenvalue weighted by Crippen LogP contribution is -2.47. The molecule has 162 valence electrons. The molecule has 1 aromatic heterocycles. The average molecular weight is 445 g/mol. The minimum Gasteiger partial charge on any atom is -0.481 e. The van der Waals surface area contributed by atoms with Crippen LogP contribution in [0.1, 0.15) is 34.1 Å². The molecule has 3 rings (SSSR count). The van der Waals surface area contributed by atoms with E-state index in [0.29, 0.717) is 17.1 Å². The normalized spacial score (nSPS) is 11.7. The van der Waals surface area contributed by atoms with Gasteiger partial charge in [0.2, 0.25) is 0 Å². The van der Waals surface area contributed by atoms with Crippen LogP contribution in [0.4, 0.5) is 4.39 Å². The average Bonchev–Trinajstić information content (AvgIpc) is 3.04. The van der Waals surface area contributed by atoms with E-state index in [1.165, 1.54) is 28.9 Å². The zero-order chi connectivity index (χ0) is 22.7. The van der Waals surface area contributed by atoms with Gasteiger partial charge in [0.05, 0.1) is 11.4 Å². The van der Waals surface area contributed by atoms with Crippen molar-refractivity contribution in [2.45, 2.75) is 33.8 Å². The van der Waals surface area contributed by atoms with Gasteiger partial charge >= 0.3 is 0 Å². The molecule has 1 heterocycles. The molecule has 1 atom stereocenters. The molecule has 31 heavy (non-hydrogen) atoms. The number of carbonyl (C=O) groups is 2. The first-order valence-electron chi connectivity index (χ1n) is 9.53. The number of hydrazine groups is 1. The zero-order valence-electron chi connectivity index (χ0n) is 17.5. The van der Waals surface area contributed by atoms with Crippen LogP contribution < -0.4 is 15.6 Å². The number of carbonyl (C=O) groups excluding carboxylic acids is 2. The maximum absolute atomic E-state index is 13.2. The van der Waals surface area contributed by atoms with Gasteiger partial charge in [-0.1, -0.05) is 23.7 Å². The molecule has 0 aliphatic rings. The van der Waals surface area contributed by atoms with Crippen molar-refractivity contribution >= 4 is 23.4 Å². The van der Waals surface area contributed by atoms with Crippen molar-refractivity contribution in [2.24, 2.45) is 0 Å². The second kappa shape index (κ2) is 9.18. The van der Waals surface area contributed by atoms with Gasteiger partial charge in [0, 0.05) is 0 Å². The third kappa shape index (κ3) is 4.86. The second-order valence-electron chi connectivity index (χ2n) is 7.04. The molecule has 3 aromatic rings. The number of aromatic nitrogens is 2. The number of hydrogen-bond donors (Lipinski definition) is 2. The smallest absolute Gasteiger partial charge is 0.279 e. The molecule has 0 saturated heterocycles. The molecule has 0 aliphatic heterocycles. The van der Waals surface area contributed by atoms with Crippen LogP contribution in [-0.2, 0) is 4.79 Å². The molecule has 2 aromatic carbocycles. The quantitative estimate of drug-likeness (QED) is 0.586. The Morgan fingerprint density at radius 1 is 1.10 bits per heavy atom. The van der Waals surface area contributed by atoms with E-state index in [2.05, 4.69) is 16.0 Å². The second-order valence-corrected chi connectivity index (χ2v) is 7.40. The maximum Gasteiger partial charge on any atom is 0.279 e. The van der Waals surface area contributed by atoms with Gasteiger partial charge in [-0.25, -0.2) is 9.07 Å². The molecule has 0 radical (unpaired) electrons. The van der Waals surface area contributed by atoms with Crippen molar-refractivity contribution in [2.75, 3.05) is 0 Å². The molecule has 0 bridgehead atoms. The van der Waals surface area contributed by atoms with E-state index in [9.17, 15) is 14.0 Å². The SMILES string of the molecule is Cc1cccc(OC(C)C(=O)NNC(=O)c2c(C)nn(-c3ccc(F)cc3)c2Cl)c1C. The number of nitrogens with zero attached hydrogens (tertiary/aromatic N) is 2. The van der Waals surface area contributed by atoms with E-state index in [-0.39, 0.29) is 10.7 Å². The molecule has 0 spiro atoms. The molecule has 2 N–H and O–H groups in total. The number of rotatable bonds is 5. The molecule has 1 unspecified atom stereocenters. The number of hydrogen-bond acceptors (Lipinski definition) is 4. The molecule has 0 aliphatic carbocycles. The van der Waals surface area contributed by atoms with Crippen LogP contribution in [0.2, 0.25) is 5.15 Å². The van der Waals surface area contributed by atoms with Gasteiger partial charge in [-0.2, -0.15) is 5.10 Å². The lowest BCUT2D eigenvalue weighted by atomic mass is 10.1. The van der Waals surface area contributed by atoms with Crippen LogP contribution in [0.3, 0.4) is 0 Å². The minimum atomic E-state index is -0.848. The lowest BCUT2D eigenvalue weighted by molar-refractivity contribution is -0.128. The van der Waals surface area contributed by atoms with Gasteiger partial charge in [-0.3, -0.25) is 20.4 Å². The number of ether oxygens (including phenoxy) is 1. The van der Waals surface area contributed by atoms with E-state index in [4.69, 9.17) is 16.3 Å². The predicted octanol–water partition coefficient (Wildman–Crippen LogP) is 3.82. The van der Waals surface area contributed by atoms with Crippen molar-refractivity contribution in [3.8, 4) is 11.4 Å². The van der Waals surface area contributed by atoms with Crippen LogP contribution in [0, 0.1) is 26.6 Å². The number of aryl methyl sites for hydroxylation is 2. The summed E-state index contributed by atoms with van der Waals surface area (Å²) >= 11 is 6.32. The molecule has 0 saturated carbocycles. The Labute approximate surface area is 184 Å². The Bertz CT molecular complexity index is 1130. The Morgan fingerprint density at radius 2 is 1.77 bits per heavy atom. The highest BCUT2D eigenvalue weighted by molar-refractivity contribution is 6.33. The predicted molar refractivity (Wildman–Crippen MR) is 115 cm³/mol.